The standard InChI is InChI=1S/C30H31NO2S/c1-19-13-17-23(18-14-19)26-27-24-11-7-8-12-25(24)34-29(27)31-21(3)28(26)33-30(32)20(2)15-16-22-9-5-4-6-10-22/h4-6,9-10,13-14,17-18,20H,7-8,11-12,15-16H2,1-3H3. The topological polar surface area (TPSA) is 39.2 Å². The predicted octanol–water partition coefficient (Wildman–Crippen LogP) is 7.63. The van der Waals surface area contributed by atoms with Crippen LogP contribution in [0.2, 0.25) is 0 Å². The zero-order valence-electron chi connectivity index (χ0n) is 20.2. The fourth-order valence-electron chi connectivity index (χ4n) is 4.85. The molecule has 0 radical (unpaired) electrons. The molecule has 0 N–H and O–H groups in total. The minimum absolute atomic E-state index is 0.183. The Morgan fingerprint density at radius 3 is 2.53 bits per heavy atom. The Kier molecular flexibility index (Phi) is 6.51. The number of esters is 1. The van der Waals surface area contributed by atoms with Crippen LogP contribution in [0, 0.1) is 19.8 Å². The Morgan fingerprint density at radius 2 is 1.76 bits per heavy atom. The fourth-order valence-corrected chi connectivity index (χ4v) is 6.17. The number of rotatable bonds is 6. The van der Waals surface area contributed by atoms with Gasteiger partial charge in [0.2, 0.25) is 0 Å². The van der Waals surface area contributed by atoms with Crippen molar-refractivity contribution < 1.29 is 9.53 Å². The molecule has 1 unspecified atom stereocenters. The van der Waals surface area contributed by atoms with Crippen molar-refractivity contribution in [3.8, 4) is 16.9 Å². The second-order valence-corrected chi connectivity index (χ2v) is 10.6. The van der Waals surface area contributed by atoms with Gasteiger partial charge in [0.1, 0.15) is 4.83 Å². The van der Waals surface area contributed by atoms with Crippen molar-refractivity contribution in [1.82, 2.24) is 4.98 Å². The molecule has 4 aromatic rings. The lowest BCUT2D eigenvalue weighted by Crippen LogP contribution is -2.19. The van der Waals surface area contributed by atoms with Gasteiger partial charge in [-0.3, -0.25) is 4.79 Å². The molecular formula is C30H31NO2S. The van der Waals surface area contributed by atoms with Crippen LogP contribution in [0.1, 0.15) is 53.4 Å². The number of nitrogens with zero attached hydrogens (tertiary/aromatic N) is 1. The minimum atomic E-state index is -0.197. The molecule has 2 heterocycles. The summed E-state index contributed by atoms with van der Waals surface area (Å²) in [6.45, 7) is 6.02. The third kappa shape index (κ3) is 4.52. The van der Waals surface area contributed by atoms with E-state index in [1.807, 2.05) is 43.4 Å². The van der Waals surface area contributed by atoms with E-state index in [0.717, 1.165) is 47.3 Å². The molecule has 1 atom stereocenters. The Bertz CT molecular complexity index is 1320. The largest absolute Gasteiger partial charge is 0.424 e. The maximum absolute atomic E-state index is 13.2. The maximum Gasteiger partial charge on any atom is 0.314 e. The average molecular weight is 470 g/mol. The van der Waals surface area contributed by atoms with Crippen LogP contribution >= 0.6 is 11.3 Å². The van der Waals surface area contributed by atoms with Gasteiger partial charge in [0.05, 0.1) is 11.6 Å². The first-order chi connectivity index (χ1) is 16.5. The highest BCUT2D eigenvalue weighted by Crippen LogP contribution is 2.46. The maximum atomic E-state index is 13.2. The van der Waals surface area contributed by atoms with Crippen molar-refractivity contribution >= 4 is 27.5 Å². The van der Waals surface area contributed by atoms with Crippen molar-refractivity contribution in [3.05, 3.63) is 81.9 Å². The van der Waals surface area contributed by atoms with Gasteiger partial charge >= 0.3 is 5.97 Å². The van der Waals surface area contributed by atoms with Crippen molar-refractivity contribution in [3.63, 3.8) is 0 Å². The summed E-state index contributed by atoms with van der Waals surface area (Å²) in [4.78, 5) is 20.7. The van der Waals surface area contributed by atoms with E-state index in [2.05, 4.69) is 43.3 Å². The molecule has 5 rings (SSSR count). The molecule has 3 nitrogen and oxygen atoms in total. The number of aromatic nitrogens is 1. The second-order valence-electron chi connectivity index (χ2n) is 9.50. The lowest BCUT2D eigenvalue weighted by atomic mass is 9.91. The number of carbonyl (C=O) groups is 1. The van der Waals surface area contributed by atoms with Gasteiger partial charge in [-0.1, -0.05) is 67.1 Å². The molecule has 34 heavy (non-hydrogen) atoms. The van der Waals surface area contributed by atoms with E-state index in [9.17, 15) is 4.79 Å². The zero-order valence-corrected chi connectivity index (χ0v) is 21.0. The number of pyridine rings is 1. The van der Waals surface area contributed by atoms with E-state index in [1.54, 1.807) is 0 Å². The zero-order chi connectivity index (χ0) is 23.7. The molecule has 2 aromatic heterocycles. The molecule has 0 saturated heterocycles. The summed E-state index contributed by atoms with van der Waals surface area (Å²) in [5, 5.41) is 1.19. The lowest BCUT2D eigenvalue weighted by Gasteiger charge is -2.18. The first kappa shape index (κ1) is 22.8. The summed E-state index contributed by atoms with van der Waals surface area (Å²) < 4.78 is 6.18. The molecule has 0 aliphatic heterocycles. The van der Waals surface area contributed by atoms with Crippen LogP contribution in [0.4, 0.5) is 0 Å². The molecule has 0 fully saturated rings. The highest BCUT2D eigenvalue weighted by atomic mass is 32.1. The molecule has 1 aliphatic rings. The van der Waals surface area contributed by atoms with Gasteiger partial charge in [-0.2, -0.15) is 0 Å². The van der Waals surface area contributed by atoms with E-state index in [4.69, 9.17) is 9.72 Å². The third-order valence-electron chi connectivity index (χ3n) is 6.88. The summed E-state index contributed by atoms with van der Waals surface area (Å²) in [6.07, 6.45) is 6.24. The van der Waals surface area contributed by atoms with Gasteiger partial charge in [0, 0.05) is 15.8 Å². The molecule has 0 spiro atoms. The van der Waals surface area contributed by atoms with Crippen molar-refractivity contribution in [2.24, 2.45) is 5.92 Å². The molecule has 174 valence electrons. The van der Waals surface area contributed by atoms with Crippen LogP contribution in [0.3, 0.4) is 0 Å². The van der Waals surface area contributed by atoms with Crippen molar-refractivity contribution in [2.75, 3.05) is 0 Å². The number of hydrogen-bond acceptors (Lipinski definition) is 4. The Balaban J connectivity index is 1.53. The molecule has 0 saturated carbocycles. The summed E-state index contributed by atoms with van der Waals surface area (Å²) in [5.74, 6) is 0.245. The summed E-state index contributed by atoms with van der Waals surface area (Å²) in [7, 11) is 0. The van der Waals surface area contributed by atoms with E-state index < -0.39 is 0 Å². The summed E-state index contributed by atoms with van der Waals surface area (Å²) in [5.41, 5.74) is 6.77. The second kappa shape index (κ2) is 9.71. The number of aryl methyl sites for hydroxylation is 5. The van der Waals surface area contributed by atoms with Crippen LogP contribution < -0.4 is 4.74 Å². The van der Waals surface area contributed by atoms with E-state index in [1.165, 1.54) is 39.8 Å². The SMILES string of the molecule is Cc1ccc(-c2c(OC(=O)C(C)CCc3ccccc3)c(C)nc3sc4c(c23)CCCC4)cc1. The van der Waals surface area contributed by atoms with E-state index in [0.29, 0.717) is 5.75 Å². The number of carbonyl (C=O) groups excluding carboxylic acids is 1. The molecular weight excluding hydrogens is 438 g/mol. The quantitative estimate of drug-likeness (QED) is 0.272. The number of ether oxygens (including phenoxy) is 1. The Labute approximate surface area is 205 Å². The summed E-state index contributed by atoms with van der Waals surface area (Å²) >= 11 is 1.81. The molecule has 0 amide bonds. The minimum Gasteiger partial charge on any atom is -0.424 e. The van der Waals surface area contributed by atoms with Gasteiger partial charge in [0.25, 0.3) is 0 Å². The van der Waals surface area contributed by atoms with Gasteiger partial charge in [-0.15, -0.1) is 11.3 Å². The van der Waals surface area contributed by atoms with Gasteiger partial charge in [-0.25, -0.2) is 4.98 Å². The fraction of sp³-hybridized carbons (Fsp3) is 0.333. The third-order valence-corrected chi connectivity index (χ3v) is 8.07. The Morgan fingerprint density at radius 1 is 1.03 bits per heavy atom. The predicted molar refractivity (Wildman–Crippen MR) is 141 cm³/mol. The van der Waals surface area contributed by atoms with Crippen LogP contribution in [-0.2, 0) is 24.1 Å². The van der Waals surface area contributed by atoms with Crippen molar-refractivity contribution in [2.45, 2.75) is 59.3 Å². The lowest BCUT2D eigenvalue weighted by molar-refractivity contribution is -0.138. The smallest absolute Gasteiger partial charge is 0.314 e. The van der Waals surface area contributed by atoms with E-state index in [-0.39, 0.29) is 11.9 Å². The normalized spacial score (nSPS) is 14.1. The molecule has 1 aliphatic carbocycles. The Hall–Kier alpha value is -2.98. The number of thiophene rings is 1. The summed E-state index contributed by atoms with van der Waals surface area (Å²) in [6, 6.07) is 18.9. The number of hydrogen-bond donors (Lipinski definition) is 0. The highest BCUT2D eigenvalue weighted by Gasteiger charge is 2.26. The average Bonchev–Trinajstić information content (AvgIpc) is 3.22. The van der Waals surface area contributed by atoms with Crippen LogP contribution in [0.25, 0.3) is 21.3 Å². The van der Waals surface area contributed by atoms with Gasteiger partial charge in [0.15, 0.2) is 5.75 Å². The van der Waals surface area contributed by atoms with Gasteiger partial charge < -0.3 is 4.74 Å². The first-order valence-corrected chi connectivity index (χ1v) is 13.1. The van der Waals surface area contributed by atoms with Crippen LogP contribution in [-0.4, -0.2) is 11.0 Å². The molecule has 0 bridgehead atoms. The molecule has 2 aromatic carbocycles. The monoisotopic (exact) mass is 469 g/mol. The number of benzene rings is 2. The van der Waals surface area contributed by atoms with E-state index >= 15 is 0 Å². The first-order valence-electron chi connectivity index (χ1n) is 12.3. The van der Waals surface area contributed by atoms with Gasteiger partial charge in [-0.05, 0) is 69.1 Å². The molecule has 4 heteroatoms. The van der Waals surface area contributed by atoms with Crippen molar-refractivity contribution in [1.29, 1.82) is 0 Å². The number of fused-ring (bicyclic) bond motifs is 3. The van der Waals surface area contributed by atoms with Crippen LogP contribution in [0.5, 0.6) is 5.75 Å². The highest BCUT2D eigenvalue weighted by molar-refractivity contribution is 7.19. The van der Waals surface area contributed by atoms with Crippen LogP contribution in [0.15, 0.2) is 54.6 Å².